The molecule has 0 radical (unpaired) electrons. The summed E-state index contributed by atoms with van der Waals surface area (Å²) in [5.41, 5.74) is 0. The van der Waals surface area contributed by atoms with Gasteiger partial charge in [-0.15, -0.1) is 0 Å². The number of likely N-dealkylation sites (N-methyl/N-ethyl adjacent to an activating group) is 1. The van der Waals surface area contributed by atoms with E-state index in [1.807, 2.05) is 16.8 Å². The van der Waals surface area contributed by atoms with E-state index in [-0.39, 0.29) is 18.5 Å². The topological polar surface area (TPSA) is 60.9 Å². The molecule has 0 bridgehead atoms. The average molecular weight is 353 g/mol. The fraction of sp³-hybridized carbons (Fsp3) is 0.900. The summed E-state index contributed by atoms with van der Waals surface area (Å²) in [5.74, 6) is 0.816. The highest BCUT2D eigenvalue weighted by molar-refractivity contribution is 5.79. The van der Waals surface area contributed by atoms with Gasteiger partial charge in [0.25, 0.3) is 0 Å². The molecule has 0 aromatic rings. The van der Waals surface area contributed by atoms with Gasteiger partial charge in [-0.25, -0.2) is 0 Å². The van der Waals surface area contributed by atoms with Gasteiger partial charge in [-0.1, -0.05) is 46.0 Å². The molecule has 0 aromatic carbocycles. The molecular formula is C20H36N2O3. The number of rotatable bonds is 7. The predicted octanol–water partition coefficient (Wildman–Crippen LogP) is 3.24. The Morgan fingerprint density at radius 1 is 1.08 bits per heavy atom. The summed E-state index contributed by atoms with van der Waals surface area (Å²) in [7, 11) is 1.87. The van der Waals surface area contributed by atoms with Gasteiger partial charge in [-0.2, -0.15) is 0 Å². The predicted molar refractivity (Wildman–Crippen MR) is 99.4 cm³/mol. The number of piperidine rings is 1. The van der Waals surface area contributed by atoms with Crippen LogP contribution in [0.3, 0.4) is 0 Å². The summed E-state index contributed by atoms with van der Waals surface area (Å²) in [6.45, 7) is 5.97. The van der Waals surface area contributed by atoms with Crippen molar-refractivity contribution in [2.45, 2.75) is 71.3 Å². The molecule has 25 heavy (non-hydrogen) atoms. The van der Waals surface area contributed by atoms with Gasteiger partial charge in [-0.3, -0.25) is 14.5 Å². The highest BCUT2D eigenvalue weighted by atomic mass is 16.4. The molecule has 144 valence electrons. The van der Waals surface area contributed by atoms with Crippen LogP contribution >= 0.6 is 0 Å². The zero-order valence-electron chi connectivity index (χ0n) is 16.2. The van der Waals surface area contributed by atoms with Crippen LogP contribution in [0.1, 0.15) is 65.2 Å². The second kappa shape index (κ2) is 9.56. The maximum atomic E-state index is 13.1. The Bertz CT molecular complexity index is 438. The number of carbonyl (C=O) groups excluding carboxylic acids is 1. The number of carbonyl (C=O) groups is 2. The summed E-state index contributed by atoms with van der Waals surface area (Å²) in [6, 6.07) is 0.274. The molecular weight excluding hydrogens is 316 g/mol. The fourth-order valence-corrected chi connectivity index (χ4v) is 4.54. The van der Waals surface area contributed by atoms with E-state index in [4.69, 9.17) is 5.11 Å². The number of carboxylic acid groups (broad SMARTS) is 1. The van der Waals surface area contributed by atoms with E-state index in [9.17, 15) is 9.59 Å². The molecule has 0 spiro atoms. The maximum Gasteiger partial charge on any atom is 0.317 e. The van der Waals surface area contributed by atoms with Gasteiger partial charge in [0.05, 0.1) is 6.54 Å². The van der Waals surface area contributed by atoms with Crippen molar-refractivity contribution in [2.75, 3.05) is 26.7 Å². The van der Waals surface area contributed by atoms with Gasteiger partial charge < -0.3 is 10.0 Å². The first-order valence-electron chi connectivity index (χ1n) is 10.1. The SMILES string of the molecule is CC(C)C(CC1CCCCC1)C(=O)N1CCC(N(C)CC(=O)O)CC1. The lowest BCUT2D eigenvalue weighted by molar-refractivity contribution is -0.142. The summed E-state index contributed by atoms with van der Waals surface area (Å²) in [5, 5.41) is 8.94. The second-order valence-corrected chi connectivity index (χ2v) is 8.46. The van der Waals surface area contributed by atoms with Crippen molar-refractivity contribution >= 4 is 11.9 Å². The van der Waals surface area contributed by atoms with Crippen LogP contribution in [0.4, 0.5) is 0 Å². The van der Waals surface area contributed by atoms with Crippen molar-refractivity contribution in [3.05, 3.63) is 0 Å². The van der Waals surface area contributed by atoms with E-state index < -0.39 is 5.97 Å². The second-order valence-electron chi connectivity index (χ2n) is 8.46. The highest BCUT2D eigenvalue weighted by Gasteiger charge is 2.33. The molecule has 1 saturated carbocycles. The number of amides is 1. The Hall–Kier alpha value is -1.10. The molecule has 2 fully saturated rings. The number of hydrogen-bond donors (Lipinski definition) is 1. The van der Waals surface area contributed by atoms with Gasteiger partial charge in [0, 0.05) is 25.0 Å². The van der Waals surface area contributed by atoms with Gasteiger partial charge in [0.15, 0.2) is 0 Å². The lowest BCUT2D eigenvalue weighted by Crippen LogP contribution is -2.49. The Morgan fingerprint density at radius 2 is 1.68 bits per heavy atom. The fourth-order valence-electron chi connectivity index (χ4n) is 4.54. The first-order valence-corrected chi connectivity index (χ1v) is 10.1. The van der Waals surface area contributed by atoms with Gasteiger partial charge in [0.2, 0.25) is 5.91 Å². The van der Waals surface area contributed by atoms with E-state index in [0.29, 0.717) is 11.8 Å². The van der Waals surface area contributed by atoms with Crippen LogP contribution in [0.2, 0.25) is 0 Å². The van der Waals surface area contributed by atoms with Gasteiger partial charge in [-0.05, 0) is 38.1 Å². The molecule has 1 N–H and O–H groups in total. The van der Waals surface area contributed by atoms with Crippen LogP contribution in [0.25, 0.3) is 0 Å². The first kappa shape index (κ1) is 20.2. The Balaban J connectivity index is 1.86. The third-order valence-corrected chi connectivity index (χ3v) is 6.22. The molecule has 2 rings (SSSR count). The molecule has 0 aromatic heterocycles. The van der Waals surface area contributed by atoms with Crippen molar-refractivity contribution in [3.63, 3.8) is 0 Å². The van der Waals surface area contributed by atoms with Crippen molar-refractivity contribution in [3.8, 4) is 0 Å². The van der Waals surface area contributed by atoms with Crippen molar-refractivity contribution in [1.82, 2.24) is 9.80 Å². The number of likely N-dealkylation sites (tertiary alicyclic amines) is 1. The molecule has 1 heterocycles. The molecule has 1 saturated heterocycles. The molecule has 1 unspecified atom stereocenters. The third-order valence-electron chi connectivity index (χ3n) is 6.22. The normalized spacial score (nSPS) is 21.7. The molecule has 2 aliphatic rings. The van der Waals surface area contributed by atoms with Gasteiger partial charge >= 0.3 is 5.97 Å². The van der Waals surface area contributed by atoms with Crippen LogP contribution in [0, 0.1) is 17.8 Å². The summed E-state index contributed by atoms with van der Waals surface area (Å²) < 4.78 is 0. The smallest absolute Gasteiger partial charge is 0.317 e. The van der Waals surface area contributed by atoms with E-state index in [1.54, 1.807) is 0 Å². The standard InChI is InChI=1S/C20H36N2O3/c1-15(2)18(13-16-7-5-4-6-8-16)20(25)22-11-9-17(10-12-22)21(3)14-19(23)24/h15-18H,4-14H2,1-3H3,(H,23,24). The van der Waals surface area contributed by atoms with Gasteiger partial charge in [0.1, 0.15) is 0 Å². The Morgan fingerprint density at radius 3 is 2.20 bits per heavy atom. The largest absolute Gasteiger partial charge is 0.480 e. The van der Waals surface area contributed by atoms with Crippen LogP contribution < -0.4 is 0 Å². The van der Waals surface area contributed by atoms with E-state index in [0.717, 1.165) is 38.3 Å². The number of nitrogens with zero attached hydrogens (tertiary/aromatic N) is 2. The lowest BCUT2D eigenvalue weighted by atomic mass is 9.78. The maximum absolute atomic E-state index is 13.1. The first-order chi connectivity index (χ1) is 11.9. The zero-order chi connectivity index (χ0) is 18.4. The van der Waals surface area contributed by atoms with E-state index in [1.165, 1.54) is 32.1 Å². The summed E-state index contributed by atoms with van der Waals surface area (Å²) in [6.07, 6.45) is 9.39. The number of carboxylic acids is 1. The summed E-state index contributed by atoms with van der Waals surface area (Å²) in [4.78, 5) is 27.9. The monoisotopic (exact) mass is 352 g/mol. The van der Waals surface area contributed by atoms with E-state index >= 15 is 0 Å². The Kier molecular flexibility index (Phi) is 7.73. The van der Waals surface area contributed by atoms with Crippen LogP contribution in [-0.2, 0) is 9.59 Å². The van der Waals surface area contributed by atoms with E-state index in [2.05, 4.69) is 13.8 Å². The molecule has 5 nitrogen and oxygen atoms in total. The number of aliphatic carboxylic acids is 1. The third kappa shape index (κ3) is 5.98. The Labute approximate surface area is 152 Å². The minimum Gasteiger partial charge on any atom is -0.480 e. The molecule has 1 amide bonds. The zero-order valence-corrected chi connectivity index (χ0v) is 16.2. The molecule has 1 atom stereocenters. The summed E-state index contributed by atoms with van der Waals surface area (Å²) >= 11 is 0. The average Bonchev–Trinajstić information content (AvgIpc) is 2.59. The molecule has 5 heteroatoms. The number of hydrogen-bond acceptors (Lipinski definition) is 3. The van der Waals surface area contributed by atoms with Crippen LogP contribution in [-0.4, -0.2) is 59.5 Å². The minimum atomic E-state index is -0.784. The van der Waals surface area contributed by atoms with Crippen LogP contribution in [0.15, 0.2) is 0 Å². The quantitative estimate of drug-likeness (QED) is 0.764. The van der Waals surface area contributed by atoms with Crippen molar-refractivity contribution < 1.29 is 14.7 Å². The highest BCUT2D eigenvalue weighted by Crippen LogP contribution is 2.33. The minimum absolute atomic E-state index is 0.0783. The van der Waals surface area contributed by atoms with Crippen LogP contribution in [0.5, 0.6) is 0 Å². The molecule has 1 aliphatic carbocycles. The van der Waals surface area contributed by atoms with Crippen molar-refractivity contribution in [1.29, 1.82) is 0 Å². The van der Waals surface area contributed by atoms with Crippen molar-refractivity contribution in [2.24, 2.45) is 17.8 Å². The lowest BCUT2D eigenvalue weighted by Gasteiger charge is -2.39. The molecule has 1 aliphatic heterocycles.